The van der Waals surface area contributed by atoms with E-state index < -0.39 is 10.0 Å². The second-order valence-electron chi connectivity index (χ2n) is 5.07. The summed E-state index contributed by atoms with van der Waals surface area (Å²) >= 11 is 0. The minimum absolute atomic E-state index is 0.161. The summed E-state index contributed by atoms with van der Waals surface area (Å²) in [4.78, 5) is 0. The molecule has 1 aromatic heterocycles. The SMILES string of the molecule is Cc1[nH]ncc1CCCNS(=O)(=O)CCNC1CC1. The van der Waals surface area contributed by atoms with Crippen molar-refractivity contribution in [2.45, 2.75) is 38.6 Å². The molecule has 1 aromatic rings. The molecule has 7 heteroatoms. The first kappa shape index (κ1) is 14.5. The van der Waals surface area contributed by atoms with Gasteiger partial charge in [-0.1, -0.05) is 0 Å². The number of nitrogens with zero attached hydrogens (tertiary/aromatic N) is 1. The Balaban J connectivity index is 1.59. The normalized spacial score (nSPS) is 15.8. The molecule has 1 heterocycles. The zero-order valence-corrected chi connectivity index (χ0v) is 12.1. The third-order valence-corrected chi connectivity index (χ3v) is 4.65. The molecule has 108 valence electrons. The summed E-state index contributed by atoms with van der Waals surface area (Å²) in [5.74, 6) is 0.161. The Morgan fingerprint density at radius 1 is 1.42 bits per heavy atom. The number of aromatic nitrogens is 2. The first-order valence-electron chi connectivity index (χ1n) is 6.76. The van der Waals surface area contributed by atoms with Crippen LogP contribution in [0.5, 0.6) is 0 Å². The lowest BCUT2D eigenvalue weighted by Crippen LogP contribution is -2.33. The van der Waals surface area contributed by atoms with E-state index in [0.29, 0.717) is 19.1 Å². The van der Waals surface area contributed by atoms with Gasteiger partial charge in [0.2, 0.25) is 10.0 Å². The predicted molar refractivity (Wildman–Crippen MR) is 74.5 cm³/mol. The van der Waals surface area contributed by atoms with Crippen LogP contribution in [0.25, 0.3) is 0 Å². The van der Waals surface area contributed by atoms with Gasteiger partial charge in [-0.15, -0.1) is 0 Å². The maximum atomic E-state index is 11.7. The molecule has 1 saturated carbocycles. The average molecular weight is 286 g/mol. The molecule has 1 aliphatic rings. The van der Waals surface area contributed by atoms with Crippen LogP contribution in [0.1, 0.15) is 30.5 Å². The molecule has 2 rings (SSSR count). The number of hydrogen-bond donors (Lipinski definition) is 3. The Hall–Kier alpha value is -0.920. The van der Waals surface area contributed by atoms with Crippen LogP contribution < -0.4 is 10.0 Å². The monoisotopic (exact) mass is 286 g/mol. The largest absolute Gasteiger partial charge is 0.313 e. The highest BCUT2D eigenvalue weighted by atomic mass is 32.2. The van der Waals surface area contributed by atoms with Crippen LogP contribution in [-0.4, -0.2) is 43.5 Å². The maximum absolute atomic E-state index is 11.7. The summed E-state index contributed by atoms with van der Waals surface area (Å²) in [6.07, 6.45) is 5.78. The fraction of sp³-hybridized carbons (Fsp3) is 0.750. The average Bonchev–Trinajstić information content (AvgIpc) is 3.08. The summed E-state index contributed by atoms with van der Waals surface area (Å²) in [5.41, 5.74) is 2.20. The van der Waals surface area contributed by atoms with Gasteiger partial charge in [0.15, 0.2) is 0 Å². The van der Waals surface area contributed by atoms with Crippen LogP contribution in [0.15, 0.2) is 6.20 Å². The Labute approximate surface area is 114 Å². The van der Waals surface area contributed by atoms with Crippen molar-refractivity contribution in [2.75, 3.05) is 18.8 Å². The van der Waals surface area contributed by atoms with Crippen LogP contribution in [-0.2, 0) is 16.4 Å². The zero-order chi connectivity index (χ0) is 13.7. The molecule has 1 fully saturated rings. The molecule has 0 amide bonds. The van der Waals surface area contributed by atoms with Crippen molar-refractivity contribution in [1.29, 1.82) is 0 Å². The Morgan fingerprint density at radius 3 is 2.84 bits per heavy atom. The van der Waals surface area contributed by atoms with Crippen LogP contribution >= 0.6 is 0 Å². The predicted octanol–water partition coefficient (Wildman–Crippen LogP) is 0.322. The van der Waals surface area contributed by atoms with Gasteiger partial charge in [0.05, 0.1) is 11.9 Å². The molecule has 0 bridgehead atoms. The first-order chi connectivity index (χ1) is 9.07. The van der Waals surface area contributed by atoms with E-state index in [1.54, 1.807) is 6.20 Å². The van der Waals surface area contributed by atoms with Gasteiger partial charge in [0, 0.05) is 24.8 Å². The number of aryl methyl sites for hydroxylation is 2. The van der Waals surface area contributed by atoms with E-state index in [4.69, 9.17) is 0 Å². The van der Waals surface area contributed by atoms with Gasteiger partial charge in [-0.05, 0) is 38.2 Å². The molecule has 3 N–H and O–H groups in total. The molecular formula is C12H22N4O2S. The quantitative estimate of drug-likeness (QED) is 0.571. The van der Waals surface area contributed by atoms with Crippen molar-refractivity contribution in [1.82, 2.24) is 20.2 Å². The molecule has 0 radical (unpaired) electrons. The zero-order valence-electron chi connectivity index (χ0n) is 11.3. The van der Waals surface area contributed by atoms with Crippen LogP contribution in [0.4, 0.5) is 0 Å². The highest BCUT2D eigenvalue weighted by Gasteiger charge is 2.20. The topological polar surface area (TPSA) is 86.9 Å². The molecule has 19 heavy (non-hydrogen) atoms. The van der Waals surface area contributed by atoms with E-state index in [2.05, 4.69) is 20.2 Å². The summed E-state index contributed by atoms with van der Waals surface area (Å²) in [7, 11) is -3.14. The lowest BCUT2D eigenvalue weighted by Gasteiger charge is -2.07. The molecule has 0 unspecified atom stereocenters. The first-order valence-corrected chi connectivity index (χ1v) is 8.41. The van der Waals surface area contributed by atoms with Crippen molar-refractivity contribution >= 4 is 10.0 Å². The van der Waals surface area contributed by atoms with Crippen molar-refractivity contribution in [3.63, 3.8) is 0 Å². The Bertz CT molecular complexity index is 494. The van der Waals surface area contributed by atoms with Gasteiger partial charge < -0.3 is 5.32 Å². The van der Waals surface area contributed by atoms with Crippen molar-refractivity contribution in [2.24, 2.45) is 0 Å². The molecule has 0 saturated heterocycles. The number of nitrogens with one attached hydrogen (secondary N) is 3. The minimum Gasteiger partial charge on any atom is -0.313 e. The Morgan fingerprint density at radius 2 is 2.21 bits per heavy atom. The standard InChI is InChI=1S/C12H22N4O2S/c1-10-11(9-14-16-10)3-2-6-15-19(17,18)8-7-13-12-4-5-12/h9,12-13,15H,2-8H2,1H3,(H,14,16). The van der Waals surface area contributed by atoms with E-state index in [0.717, 1.165) is 24.1 Å². The van der Waals surface area contributed by atoms with Gasteiger partial charge in [-0.3, -0.25) is 5.10 Å². The highest BCUT2D eigenvalue weighted by Crippen LogP contribution is 2.17. The van der Waals surface area contributed by atoms with Crippen LogP contribution in [0.3, 0.4) is 0 Å². The van der Waals surface area contributed by atoms with E-state index in [1.165, 1.54) is 12.8 Å². The summed E-state index contributed by atoms with van der Waals surface area (Å²) in [6, 6.07) is 0.555. The van der Waals surface area contributed by atoms with Crippen LogP contribution in [0, 0.1) is 6.92 Å². The molecule has 6 nitrogen and oxygen atoms in total. The minimum atomic E-state index is -3.14. The molecule has 0 aromatic carbocycles. The number of rotatable bonds is 9. The van der Waals surface area contributed by atoms with Gasteiger partial charge >= 0.3 is 0 Å². The van der Waals surface area contributed by atoms with E-state index in [9.17, 15) is 8.42 Å². The molecule has 0 aliphatic heterocycles. The molecule has 1 aliphatic carbocycles. The summed E-state index contributed by atoms with van der Waals surface area (Å²) in [5, 5.41) is 10.0. The lowest BCUT2D eigenvalue weighted by molar-refractivity contribution is 0.574. The van der Waals surface area contributed by atoms with Gasteiger partial charge in [-0.2, -0.15) is 5.10 Å². The fourth-order valence-corrected chi connectivity index (χ4v) is 2.88. The summed E-state index contributed by atoms with van der Waals surface area (Å²) < 4.78 is 26.0. The van der Waals surface area contributed by atoms with E-state index in [-0.39, 0.29) is 5.75 Å². The van der Waals surface area contributed by atoms with Gasteiger partial charge in [-0.25, -0.2) is 13.1 Å². The van der Waals surface area contributed by atoms with E-state index in [1.807, 2.05) is 6.92 Å². The molecular weight excluding hydrogens is 264 g/mol. The van der Waals surface area contributed by atoms with Crippen molar-refractivity contribution in [3.8, 4) is 0 Å². The number of hydrogen-bond acceptors (Lipinski definition) is 4. The molecule has 0 spiro atoms. The summed E-state index contributed by atoms with van der Waals surface area (Å²) in [6.45, 7) is 2.99. The number of sulfonamides is 1. The highest BCUT2D eigenvalue weighted by molar-refractivity contribution is 7.89. The van der Waals surface area contributed by atoms with E-state index >= 15 is 0 Å². The second kappa shape index (κ2) is 6.49. The van der Waals surface area contributed by atoms with Crippen LogP contribution in [0.2, 0.25) is 0 Å². The third-order valence-electron chi connectivity index (χ3n) is 3.26. The number of aromatic amines is 1. The molecule has 0 atom stereocenters. The van der Waals surface area contributed by atoms with Crippen molar-refractivity contribution < 1.29 is 8.42 Å². The number of H-pyrrole nitrogens is 1. The smallest absolute Gasteiger partial charge is 0.212 e. The fourth-order valence-electron chi connectivity index (χ4n) is 1.89. The Kier molecular flexibility index (Phi) is 4.95. The van der Waals surface area contributed by atoms with Crippen molar-refractivity contribution in [3.05, 3.63) is 17.5 Å². The van der Waals surface area contributed by atoms with Gasteiger partial charge in [0.1, 0.15) is 0 Å². The second-order valence-corrected chi connectivity index (χ2v) is 6.99. The maximum Gasteiger partial charge on any atom is 0.212 e. The lowest BCUT2D eigenvalue weighted by atomic mass is 10.1. The van der Waals surface area contributed by atoms with Gasteiger partial charge in [0.25, 0.3) is 0 Å². The third kappa shape index (κ3) is 5.30.